The average Bonchev–Trinajstić information content (AvgIpc) is 2.89. The first-order valence-corrected chi connectivity index (χ1v) is 6.16. The van der Waals surface area contributed by atoms with Crippen molar-refractivity contribution < 1.29 is 4.92 Å². The molecule has 0 saturated carbocycles. The number of hydrogen-bond donors (Lipinski definition) is 0. The SMILES string of the molecule is CCCc1nc(Cn2cnc([N+](=O)[O-])c2)cs1. The van der Waals surface area contributed by atoms with E-state index in [0.717, 1.165) is 23.5 Å². The summed E-state index contributed by atoms with van der Waals surface area (Å²) < 4.78 is 1.67. The van der Waals surface area contributed by atoms with Crippen LogP contribution in [0, 0.1) is 10.1 Å². The van der Waals surface area contributed by atoms with E-state index in [4.69, 9.17) is 0 Å². The van der Waals surface area contributed by atoms with Gasteiger partial charge in [-0.05, 0) is 22.7 Å². The molecule has 0 N–H and O–H groups in total. The normalized spacial score (nSPS) is 10.6. The smallest absolute Gasteiger partial charge is 0.358 e. The van der Waals surface area contributed by atoms with E-state index < -0.39 is 4.92 Å². The third-order valence-electron chi connectivity index (χ3n) is 2.21. The molecule has 0 aliphatic heterocycles. The summed E-state index contributed by atoms with van der Waals surface area (Å²) in [5.74, 6) is -0.131. The van der Waals surface area contributed by atoms with Gasteiger partial charge in [-0.15, -0.1) is 11.3 Å². The van der Waals surface area contributed by atoms with Gasteiger partial charge in [0, 0.05) is 5.38 Å². The number of imidazole rings is 1. The fraction of sp³-hybridized carbons (Fsp3) is 0.400. The van der Waals surface area contributed by atoms with E-state index in [1.54, 1.807) is 15.9 Å². The molecule has 0 amide bonds. The van der Waals surface area contributed by atoms with Crippen molar-refractivity contribution in [3.05, 3.63) is 38.7 Å². The number of thiazole rings is 1. The molecule has 0 saturated heterocycles. The van der Waals surface area contributed by atoms with Gasteiger partial charge >= 0.3 is 5.82 Å². The molecular weight excluding hydrogens is 240 g/mol. The topological polar surface area (TPSA) is 73.8 Å². The van der Waals surface area contributed by atoms with Gasteiger partial charge in [0.05, 0.1) is 17.2 Å². The second-order valence-corrected chi connectivity index (χ2v) is 4.59. The Bertz CT molecular complexity index is 520. The Hall–Kier alpha value is -1.76. The highest BCUT2D eigenvalue weighted by Gasteiger charge is 2.10. The molecule has 90 valence electrons. The molecule has 0 unspecified atom stereocenters. The average molecular weight is 252 g/mol. The molecule has 0 aliphatic rings. The zero-order valence-electron chi connectivity index (χ0n) is 9.37. The number of nitrogens with zero attached hydrogens (tertiary/aromatic N) is 4. The highest BCUT2D eigenvalue weighted by Crippen LogP contribution is 2.14. The lowest BCUT2D eigenvalue weighted by Crippen LogP contribution is -1.97. The second-order valence-electron chi connectivity index (χ2n) is 3.64. The van der Waals surface area contributed by atoms with Crippen LogP contribution in [0.2, 0.25) is 0 Å². The highest BCUT2D eigenvalue weighted by atomic mass is 32.1. The summed E-state index contributed by atoms with van der Waals surface area (Å²) in [4.78, 5) is 18.1. The zero-order chi connectivity index (χ0) is 12.3. The van der Waals surface area contributed by atoms with Crippen molar-refractivity contribution in [1.29, 1.82) is 0 Å². The quantitative estimate of drug-likeness (QED) is 0.604. The molecule has 2 rings (SSSR count). The zero-order valence-corrected chi connectivity index (χ0v) is 10.2. The predicted octanol–water partition coefficient (Wildman–Crippen LogP) is 2.25. The van der Waals surface area contributed by atoms with E-state index >= 15 is 0 Å². The summed E-state index contributed by atoms with van der Waals surface area (Å²) in [6, 6.07) is 0. The van der Waals surface area contributed by atoms with Gasteiger partial charge in [0.15, 0.2) is 0 Å². The van der Waals surface area contributed by atoms with Crippen LogP contribution in [0.4, 0.5) is 5.82 Å². The van der Waals surface area contributed by atoms with Crippen molar-refractivity contribution in [2.24, 2.45) is 0 Å². The summed E-state index contributed by atoms with van der Waals surface area (Å²) in [5.41, 5.74) is 0.922. The van der Waals surface area contributed by atoms with Gasteiger partial charge < -0.3 is 14.7 Å². The first kappa shape index (κ1) is 11.7. The maximum Gasteiger partial charge on any atom is 0.381 e. The van der Waals surface area contributed by atoms with Crippen molar-refractivity contribution in [2.75, 3.05) is 0 Å². The Balaban J connectivity index is 2.05. The molecular formula is C10H12N4O2S. The lowest BCUT2D eigenvalue weighted by atomic mass is 10.3. The first-order valence-electron chi connectivity index (χ1n) is 5.28. The van der Waals surface area contributed by atoms with Crippen molar-refractivity contribution in [2.45, 2.75) is 26.3 Å². The lowest BCUT2D eigenvalue weighted by Gasteiger charge is -1.95. The highest BCUT2D eigenvalue weighted by molar-refractivity contribution is 7.09. The Morgan fingerprint density at radius 3 is 3.06 bits per heavy atom. The Morgan fingerprint density at radius 1 is 1.59 bits per heavy atom. The van der Waals surface area contributed by atoms with E-state index in [-0.39, 0.29) is 5.82 Å². The Kier molecular flexibility index (Phi) is 3.48. The largest absolute Gasteiger partial charge is 0.381 e. The van der Waals surface area contributed by atoms with Gasteiger partial charge in [0.1, 0.15) is 6.20 Å². The molecule has 6 nitrogen and oxygen atoms in total. The van der Waals surface area contributed by atoms with Crippen LogP contribution >= 0.6 is 11.3 Å². The molecule has 0 fully saturated rings. The van der Waals surface area contributed by atoms with Crippen LogP contribution < -0.4 is 0 Å². The number of aromatic nitrogens is 3. The molecule has 0 atom stereocenters. The van der Waals surface area contributed by atoms with Gasteiger partial charge in [0.25, 0.3) is 0 Å². The number of nitro groups is 1. The molecule has 0 aromatic carbocycles. The molecule has 0 aliphatic carbocycles. The maximum absolute atomic E-state index is 10.5. The van der Waals surface area contributed by atoms with Crippen LogP contribution in [0.1, 0.15) is 24.0 Å². The summed E-state index contributed by atoms with van der Waals surface area (Å²) >= 11 is 1.63. The van der Waals surface area contributed by atoms with Crippen LogP contribution in [0.5, 0.6) is 0 Å². The number of rotatable bonds is 5. The van der Waals surface area contributed by atoms with Crippen molar-refractivity contribution >= 4 is 17.2 Å². The monoisotopic (exact) mass is 252 g/mol. The molecule has 0 spiro atoms. The fourth-order valence-electron chi connectivity index (χ4n) is 1.47. The van der Waals surface area contributed by atoms with Crippen LogP contribution in [0.15, 0.2) is 17.9 Å². The van der Waals surface area contributed by atoms with Gasteiger partial charge in [-0.1, -0.05) is 6.92 Å². The Morgan fingerprint density at radius 2 is 2.41 bits per heavy atom. The standard InChI is InChI=1S/C10H12N4O2S/c1-2-3-10-12-8(6-17-10)4-13-5-9(11-7-13)14(15)16/h5-7H,2-4H2,1H3. The summed E-state index contributed by atoms with van der Waals surface area (Å²) in [6.45, 7) is 2.64. The first-order chi connectivity index (χ1) is 8.19. The maximum atomic E-state index is 10.5. The molecule has 17 heavy (non-hydrogen) atoms. The number of hydrogen-bond acceptors (Lipinski definition) is 5. The molecule has 7 heteroatoms. The van der Waals surface area contributed by atoms with Gasteiger partial charge in [-0.2, -0.15) is 0 Å². The molecule has 0 bridgehead atoms. The van der Waals surface area contributed by atoms with Crippen LogP contribution in [0.25, 0.3) is 0 Å². The third kappa shape index (κ3) is 2.88. The minimum atomic E-state index is -0.500. The van der Waals surface area contributed by atoms with Gasteiger partial charge in [-0.25, -0.2) is 4.98 Å². The minimum absolute atomic E-state index is 0.131. The van der Waals surface area contributed by atoms with E-state index in [9.17, 15) is 10.1 Å². The molecule has 0 radical (unpaired) electrons. The minimum Gasteiger partial charge on any atom is -0.358 e. The van der Waals surface area contributed by atoms with Crippen LogP contribution in [-0.4, -0.2) is 19.5 Å². The predicted molar refractivity (Wildman–Crippen MR) is 64.1 cm³/mol. The van der Waals surface area contributed by atoms with Gasteiger partial charge in [0.2, 0.25) is 6.33 Å². The molecule has 2 heterocycles. The van der Waals surface area contributed by atoms with E-state index in [0.29, 0.717) is 6.54 Å². The lowest BCUT2D eigenvalue weighted by molar-refractivity contribution is -0.389. The van der Waals surface area contributed by atoms with E-state index in [1.165, 1.54) is 12.5 Å². The molecule has 2 aromatic heterocycles. The van der Waals surface area contributed by atoms with E-state index in [1.807, 2.05) is 5.38 Å². The number of aryl methyl sites for hydroxylation is 1. The third-order valence-corrected chi connectivity index (χ3v) is 3.17. The summed E-state index contributed by atoms with van der Waals surface area (Å²) in [5, 5.41) is 13.6. The van der Waals surface area contributed by atoms with E-state index in [2.05, 4.69) is 16.9 Å². The fourth-order valence-corrected chi connectivity index (χ4v) is 2.36. The second kappa shape index (κ2) is 5.05. The van der Waals surface area contributed by atoms with Crippen molar-refractivity contribution in [3.8, 4) is 0 Å². The van der Waals surface area contributed by atoms with Crippen molar-refractivity contribution in [1.82, 2.24) is 14.5 Å². The van der Waals surface area contributed by atoms with Crippen molar-refractivity contribution in [3.63, 3.8) is 0 Å². The van der Waals surface area contributed by atoms with Gasteiger partial charge in [-0.3, -0.25) is 0 Å². The summed E-state index contributed by atoms with van der Waals surface area (Å²) in [6.07, 6.45) is 4.92. The Labute approximate surface area is 102 Å². The van der Waals surface area contributed by atoms with Crippen LogP contribution in [0.3, 0.4) is 0 Å². The summed E-state index contributed by atoms with van der Waals surface area (Å²) in [7, 11) is 0. The molecule has 2 aromatic rings. The van der Waals surface area contributed by atoms with Crippen LogP contribution in [-0.2, 0) is 13.0 Å².